The second-order valence-electron chi connectivity index (χ2n) is 10.5. The normalized spacial score (nSPS) is 12.0. The minimum Gasteiger partial charge on any atom is -0.354 e. The van der Waals surface area contributed by atoms with Gasteiger partial charge in [0.1, 0.15) is 6.04 Å². The maximum atomic E-state index is 14.0. The van der Waals surface area contributed by atoms with Gasteiger partial charge in [-0.2, -0.15) is 0 Å². The highest BCUT2D eigenvalue weighted by molar-refractivity contribution is 7.92. The molecule has 0 aliphatic rings. The first-order valence-corrected chi connectivity index (χ1v) is 17.2. The first-order chi connectivity index (χ1) is 20.4. The Morgan fingerprint density at radius 3 is 2.28 bits per heavy atom. The van der Waals surface area contributed by atoms with E-state index >= 15 is 0 Å². The molecule has 11 heteroatoms. The number of benzene rings is 3. The number of unbranched alkanes of at least 4 members (excludes halogenated alkanes) is 1. The van der Waals surface area contributed by atoms with Gasteiger partial charge in [0.05, 0.1) is 22.0 Å². The van der Waals surface area contributed by atoms with E-state index in [4.69, 9.17) is 34.8 Å². The second-order valence-corrected chi connectivity index (χ2v) is 13.6. The number of carbonyl (C=O) groups excluding carboxylic acids is 2. The third kappa shape index (κ3) is 10.4. The van der Waals surface area contributed by atoms with Gasteiger partial charge in [-0.25, -0.2) is 8.42 Å². The molecular formula is C32H38Cl3N3O4S. The molecule has 7 nitrogen and oxygen atoms in total. The number of rotatable bonds is 15. The quantitative estimate of drug-likeness (QED) is 0.176. The lowest BCUT2D eigenvalue weighted by molar-refractivity contribution is -0.141. The van der Waals surface area contributed by atoms with Crippen LogP contribution >= 0.6 is 34.8 Å². The lowest BCUT2D eigenvalue weighted by atomic mass is 10.0. The zero-order chi connectivity index (χ0) is 31.6. The monoisotopic (exact) mass is 665 g/mol. The Hall–Kier alpha value is -2.78. The zero-order valence-electron chi connectivity index (χ0n) is 24.7. The van der Waals surface area contributed by atoms with Crippen LogP contribution in [-0.2, 0) is 32.6 Å². The Morgan fingerprint density at radius 1 is 0.907 bits per heavy atom. The summed E-state index contributed by atoms with van der Waals surface area (Å²) in [7, 11) is -3.66. The van der Waals surface area contributed by atoms with Crippen molar-refractivity contribution in [3.63, 3.8) is 0 Å². The van der Waals surface area contributed by atoms with Crippen LogP contribution in [-0.4, -0.2) is 50.5 Å². The summed E-state index contributed by atoms with van der Waals surface area (Å²) >= 11 is 18.6. The van der Waals surface area contributed by atoms with Crippen molar-refractivity contribution in [3.05, 3.63) is 98.5 Å². The predicted octanol–water partition coefficient (Wildman–Crippen LogP) is 7.06. The molecule has 0 saturated carbocycles. The lowest BCUT2D eigenvalue weighted by Gasteiger charge is -2.32. The van der Waals surface area contributed by atoms with Gasteiger partial charge < -0.3 is 10.2 Å². The average Bonchev–Trinajstić information content (AvgIpc) is 2.96. The Bertz CT molecular complexity index is 1500. The van der Waals surface area contributed by atoms with Crippen molar-refractivity contribution in [2.45, 2.75) is 58.5 Å². The maximum absolute atomic E-state index is 14.0. The van der Waals surface area contributed by atoms with Gasteiger partial charge in [0, 0.05) is 37.5 Å². The number of aryl methyl sites for hydroxylation is 1. The molecule has 0 aliphatic carbocycles. The van der Waals surface area contributed by atoms with Gasteiger partial charge in [0.25, 0.3) is 0 Å². The van der Waals surface area contributed by atoms with Crippen molar-refractivity contribution >= 4 is 62.3 Å². The van der Waals surface area contributed by atoms with Crippen molar-refractivity contribution in [1.82, 2.24) is 10.2 Å². The highest BCUT2D eigenvalue weighted by Crippen LogP contribution is 2.28. The third-order valence-electron chi connectivity index (χ3n) is 7.03. The number of halogens is 3. The summed E-state index contributed by atoms with van der Waals surface area (Å²) in [4.78, 5) is 29.1. The number of hydrogen-bond acceptors (Lipinski definition) is 4. The SMILES string of the molecule is CCCCNC(=O)[C@@H](Cc1ccccc1)N(Cc1ccc(Cl)c(Cl)c1)C(=O)CCCN(c1cc(Cl)ccc1C)S(C)(=O)=O. The molecule has 0 radical (unpaired) electrons. The summed E-state index contributed by atoms with van der Waals surface area (Å²) in [6.45, 7) is 4.53. The molecule has 43 heavy (non-hydrogen) atoms. The van der Waals surface area contributed by atoms with Crippen LogP contribution in [0.15, 0.2) is 66.7 Å². The first-order valence-electron chi connectivity index (χ1n) is 14.2. The molecule has 0 unspecified atom stereocenters. The third-order valence-corrected chi connectivity index (χ3v) is 9.18. The number of nitrogens with zero attached hydrogens (tertiary/aromatic N) is 2. The fourth-order valence-electron chi connectivity index (χ4n) is 4.73. The van der Waals surface area contributed by atoms with Crippen molar-refractivity contribution in [2.75, 3.05) is 23.7 Å². The predicted molar refractivity (Wildman–Crippen MR) is 176 cm³/mol. The van der Waals surface area contributed by atoms with Gasteiger partial charge in [0.2, 0.25) is 21.8 Å². The molecule has 3 rings (SSSR count). The second kappa shape index (κ2) is 16.3. The molecular weight excluding hydrogens is 629 g/mol. The van der Waals surface area contributed by atoms with Gasteiger partial charge in [-0.05, 0) is 60.7 Å². The molecule has 1 atom stereocenters. The van der Waals surface area contributed by atoms with Crippen LogP contribution in [0.5, 0.6) is 0 Å². The molecule has 0 aliphatic heterocycles. The molecule has 2 amide bonds. The van der Waals surface area contributed by atoms with Crippen molar-refractivity contribution < 1.29 is 18.0 Å². The fraction of sp³-hybridized carbons (Fsp3) is 0.375. The number of hydrogen-bond donors (Lipinski definition) is 1. The van der Waals surface area contributed by atoms with Gasteiger partial charge >= 0.3 is 0 Å². The van der Waals surface area contributed by atoms with E-state index in [1.807, 2.05) is 37.3 Å². The number of carbonyl (C=O) groups is 2. The van der Waals surface area contributed by atoms with Gasteiger partial charge in [-0.3, -0.25) is 13.9 Å². The molecule has 1 N–H and O–H groups in total. The van der Waals surface area contributed by atoms with Gasteiger partial charge in [-0.15, -0.1) is 0 Å². The largest absolute Gasteiger partial charge is 0.354 e. The Kier molecular flexibility index (Phi) is 13.2. The molecule has 232 valence electrons. The minimum atomic E-state index is -3.66. The van der Waals surface area contributed by atoms with Gasteiger partial charge in [-0.1, -0.05) is 90.6 Å². The molecule has 0 fully saturated rings. The van der Waals surface area contributed by atoms with Crippen LogP contribution in [0.1, 0.15) is 49.3 Å². The molecule has 0 aromatic heterocycles. The van der Waals surface area contributed by atoms with E-state index in [0.29, 0.717) is 33.7 Å². The summed E-state index contributed by atoms with van der Waals surface area (Å²) in [5.41, 5.74) is 2.83. The molecule has 3 aromatic carbocycles. The van der Waals surface area contributed by atoms with E-state index in [1.165, 1.54) is 4.31 Å². The van der Waals surface area contributed by atoms with E-state index < -0.39 is 16.1 Å². The van der Waals surface area contributed by atoms with E-state index in [0.717, 1.165) is 35.8 Å². The topological polar surface area (TPSA) is 86.8 Å². The number of nitrogens with one attached hydrogen (secondary N) is 1. The van der Waals surface area contributed by atoms with E-state index in [2.05, 4.69) is 5.32 Å². The van der Waals surface area contributed by atoms with E-state index in [1.54, 1.807) is 48.2 Å². The van der Waals surface area contributed by atoms with Crippen molar-refractivity contribution in [3.8, 4) is 0 Å². The van der Waals surface area contributed by atoms with Crippen LogP contribution in [0.25, 0.3) is 0 Å². The Labute approximate surface area is 270 Å². The summed E-state index contributed by atoms with van der Waals surface area (Å²) < 4.78 is 26.8. The summed E-state index contributed by atoms with van der Waals surface area (Å²) in [5, 5.41) is 4.14. The zero-order valence-corrected chi connectivity index (χ0v) is 27.7. The van der Waals surface area contributed by atoms with Crippen LogP contribution in [0.2, 0.25) is 15.1 Å². The van der Waals surface area contributed by atoms with Crippen LogP contribution < -0.4 is 9.62 Å². The Morgan fingerprint density at radius 2 is 1.63 bits per heavy atom. The first kappa shape index (κ1) is 34.7. The average molecular weight is 667 g/mol. The van der Waals surface area contributed by atoms with Crippen LogP contribution in [0, 0.1) is 6.92 Å². The summed E-state index contributed by atoms with van der Waals surface area (Å²) in [6.07, 6.45) is 3.41. The Balaban J connectivity index is 1.91. The van der Waals surface area contributed by atoms with E-state index in [-0.39, 0.29) is 37.7 Å². The minimum absolute atomic E-state index is 0.0144. The molecule has 0 bridgehead atoms. The fourth-order valence-corrected chi connectivity index (χ4v) is 6.23. The highest BCUT2D eigenvalue weighted by Gasteiger charge is 2.30. The van der Waals surface area contributed by atoms with Crippen molar-refractivity contribution in [2.24, 2.45) is 0 Å². The molecule has 0 spiro atoms. The van der Waals surface area contributed by atoms with Crippen molar-refractivity contribution in [1.29, 1.82) is 0 Å². The smallest absolute Gasteiger partial charge is 0.243 e. The number of anilines is 1. The molecule has 0 saturated heterocycles. The van der Waals surface area contributed by atoms with E-state index in [9.17, 15) is 18.0 Å². The number of amides is 2. The van der Waals surface area contributed by atoms with Crippen LogP contribution in [0.3, 0.4) is 0 Å². The number of sulfonamides is 1. The standard InChI is InChI=1S/C32H38Cl3N3O4S/c1-4-5-17-36-32(40)30(20-24-10-7-6-8-11-24)37(22-25-14-16-27(34)28(35)19-25)31(39)12-9-18-38(43(3,41)42)29-21-26(33)15-13-23(29)2/h6-8,10-11,13-16,19,21,30H,4-5,9,12,17-18,20,22H2,1-3H3,(H,36,40)/t30-/m1/s1. The molecule has 0 heterocycles. The molecule has 3 aromatic rings. The summed E-state index contributed by atoms with van der Waals surface area (Å²) in [6, 6.07) is 18.9. The maximum Gasteiger partial charge on any atom is 0.243 e. The summed E-state index contributed by atoms with van der Waals surface area (Å²) in [5.74, 6) is -0.535. The highest BCUT2D eigenvalue weighted by atomic mass is 35.5. The van der Waals surface area contributed by atoms with Gasteiger partial charge in [0.15, 0.2) is 0 Å². The lowest BCUT2D eigenvalue weighted by Crippen LogP contribution is -2.50. The van der Waals surface area contributed by atoms with Crippen LogP contribution in [0.4, 0.5) is 5.69 Å².